The van der Waals surface area contributed by atoms with Gasteiger partial charge in [-0.25, -0.2) is 9.98 Å². The fourth-order valence-corrected chi connectivity index (χ4v) is 3.56. The van der Waals surface area contributed by atoms with E-state index in [1.165, 1.54) is 11.1 Å². The van der Waals surface area contributed by atoms with Crippen molar-refractivity contribution in [2.45, 2.75) is 31.2 Å². The van der Waals surface area contributed by atoms with Gasteiger partial charge in [0, 0.05) is 12.0 Å². The van der Waals surface area contributed by atoms with Gasteiger partial charge in [-0.3, -0.25) is 4.98 Å². The molecule has 1 aliphatic carbocycles. The lowest BCUT2D eigenvalue weighted by Crippen LogP contribution is -2.30. The molecule has 124 valence electrons. The van der Waals surface area contributed by atoms with Crippen LogP contribution in [0, 0.1) is 0 Å². The molecule has 1 aliphatic heterocycles. The summed E-state index contributed by atoms with van der Waals surface area (Å²) in [7, 11) is 1.59. The summed E-state index contributed by atoms with van der Waals surface area (Å²) >= 11 is 0. The maximum absolute atomic E-state index is 5.76. The molecule has 1 spiro atoms. The molecule has 0 saturated carbocycles. The number of hydrogen-bond donors (Lipinski definition) is 1. The molecular formula is C18H20N4O2. The van der Waals surface area contributed by atoms with Crippen LogP contribution in [0.4, 0.5) is 0 Å². The van der Waals surface area contributed by atoms with Crippen LogP contribution in [0.2, 0.25) is 0 Å². The smallest absolute Gasteiger partial charge is 0.282 e. The Labute approximate surface area is 140 Å². The van der Waals surface area contributed by atoms with E-state index in [1.807, 2.05) is 0 Å². The van der Waals surface area contributed by atoms with Gasteiger partial charge < -0.3 is 15.2 Å². The van der Waals surface area contributed by atoms with Crippen LogP contribution in [0.3, 0.4) is 0 Å². The molecule has 6 heteroatoms. The normalized spacial score (nSPS) is 22.5. The molecule has 0 unspecified atom stereocenters. The van der Waals surface area contributed by atoms with Gasteiger partial charge in [0.05, 0.1) is 25.2 Å². The average molecular weight is 324 g/mol. The molecule has 0 fully saturated rings. The summed E-state index contributed by atoms with van der Waals surface area (Å²) in [6, 6.07) is 6.79. The predicted octanol–water partition coefficient (Wildman–Crippen LogP) is 2.11. The number of nitrogens with two attached hydrogens (primary N) is 1. The summed E-state index contributed by atoms with van der Waals surface area (Å²) in [6.45, 7) is 0.571. The van der Waals surface area contributed by atoms with Crippen LogP contribution in [0.25, 0.3) is 11.3 Å². The van der Waals surface area contributed by atoms with E-state index in [-0.39, 0.29) is 5.54 Å². The third-order valence-corrected chi connectivity index (χ3v) is 4.77. The first-order valence-electron chi connectivity index (χ1n) is 8.14. The summed E-state index contributed by atoms with van der Waals surface area (Å²) < 4.78 is 10.6. The molecule has 2 N–H and O–H groups in total. The molecule has 2 aliphatic rings. The number of rotatable bonds is 2. The number of methoxy groups -OCH3 is 1. The third-order valence-electron chi connectivity index (χ3n) is 4.77. The van der Waals surface area contributed by atoms with Crippen LogP contribution >= 0.6 is 0 Å². The Balaban J connectivity index is 1.72. The number of nitrogens with zero attached hydrogens (tertiary/aromatic N) is 3. The van der Waals surface area contributed by atoms with Crippen LogP contribution < -0.4 is 10.5 Å². The lowest BCUT2D eigenvalue weighted by molar-refractivity contribution is 0.241. The highest BCUT2D eigenvalue weighted by atomic mass is 16.5. The van der Waals surface area contributed by atoms with E-state index in [0.717, 1.165) is 36.9 Å². The SMILES string of the molecule is COc1cncc(-c2ccc3c(c2)C[C@]2(CCC3)COC(N)=N2)n1. The first kappa shape index (κ1) is 14.9. The van der Waals surface area contributed by atoms with Gasteiger partial charge in [-0.05, 0) is 36.5 Å². The molecule has 24 heavy (non-hydrogen) atoms. The van der Waals surface area contributed by atoms with Crippen molar-refractivity contribution in [1.29, 1.82) is 0 Å². The number of ether oxygens (including phenoxy) is 2. The molecule has 0 radical (unpaired) electrons. The van der Waals surface area contributed by atoms with E-state index in [1.54, 1.807) is 19.5 Å². The second kappa shape index (κ2) is 5.78. The van der Waals surface area contributed by atoms with Gasteiger partial charge >= 0.3 is 0 Å². The second-order valence-electron chi connectivity index (χ2n) is 6.42. The van der Waals surface area contributed by atoms with Crippen LogP contribution in [0.5, 0.6) is 5.88 Å². The quantitative estimate of drug-likeness (QED) is 0.915. The number of benzene rings is 1. The minimum absolute atomic E-state index is 0.214. The van der Waals surface area contributed by atoms with E-state index in [0.29, 0.717) is 18.5 Å². The van der Waals surface area contributed by atoms with Crippen molar-refractivity contribution >= 4 is 6.02 Å². The first-order valence-corrected chi connectivity index (χ1v) is 8.14. The molecule has 1 atom stereocenters. The Kier molecular flexibility index (Phi) is 3.59. The number of hydrogen-bond acceptors (Lipinski definition) is 6. The van der Waals surface area contributed by atoms with Gasteiger partial charge in [-0.15, -0.1) is 0 Å². The molecule has 0 amide bonds. The monoisotopic (exact) mass is 324 g/mol. The molecule has 6 nitrogen and oxygen atoms in total. The maximum atomic E-state index is 5.76. The number of fused-ring (bicyclic) bond motifs is 1. The van der Waals surface area contributed by atoms with Crippen molar-refractivity contribution in [3.63, 3.8) is 0 Å². The standard InChI is InChI=1S/C18H20N4O2/c1-23-16-10-20-9-15(21-16)13-5-4-12-3-2-6-18(8-14(12)7-13)11-24-17(19)22-18/h4-5,7,9-10H,2-3,6,8,11H2,1H3,(H2,19,22)/t18-/m1/s1. The van der Waals surface area contributed by atoms with E-state index < -0.39 is 0 Å². The van der Waals surface area contributed by atoms with Crippen molar-refractivity contribution in [3.8, 4) is 17.1 Å². The van der Waals surface area contributed by atoms with Crippen LogP contribution in [-0.2, 0) is 17.6 Å². The topological polar surface area (TPSA) is 82.6 Å². The zero-order valence-electron chi connectivity index (χ0n) is 13.7. The van der Waals surface area contributed by atoms with Gasteiger partial charge in [0.2, 0.25) is 5.88 Å². The summed E-state index contributed by atoms with van der Waals surface area (Å²) in [5.74, 6) is 0.514. The Hall–Kier alpha value is -2.63. The maximum Gasteiger partial charge on any atom is 0.282 e. The molecule has 1 aromatic carbocycles. The predicted molar refractivity (Wildman–Crippen MR) is 91.0 cm³/mol. The minimum Gasteiger partial charge on any atom is -0.480 e. The largest absolute Gasteiger partial charge is 0.480 e. The van der Waals surface area contributed by atoms with E-state index in [9.17, 15) is 0 Å². The van der Waals surface area contributed by atoms with Crippen LogP contribution in [0.1, 0.15) is 24.0 Å². The summed E-state index contributed by atoms with van der Waals surface area (Å²) in [5, 5.41) is 0. The third kappa shape index (κ3) is 2.68. The number of aliphatic imine (C=N–C) groups is 1. The molecule has 2 heterocycles. The van der Waals surface area contributed by atoms with Gasteiger partial charge in [0.25, 0.3) is 6.02 Å². The molecule has 0 bridgehead atoms. The Morgan fingerprint density at radius 2 is 2.17 bits per heavy atom. The highest BCUT2D eigenvalue weighted by molar-refractivity contribution is 5.74. The van der Waals surface area contributed by atoms with Gasteiger partial charge in [0.1, 0.15) is 12.1 Å². The van der Waals surface area contributed by atoms with Crippen molar-refractivity contribution in [3.05, 3.63) is 41.7 Å². The minimum atomic E-state index is -0.214. The van der Waals surface area contributed by atoms with Crippen LogP contribution in [-0.4, -0.2) is 35.2 Å². The molecule has 4 rings (SSSR count). The first-order chi connectivity index (χ1) is 11.7. The molecule has 0 saturated heterocycles. The van der Waals surface area contributed by atoms with E-state index in [2.05, 4.69) is 33.2 Å². The van der Waals surface area contributed by atoms with Crippen molar-refractivity contribution < 1.29 is 9.47 Å². The zero-order valence-corrected chi connectivity index (χ0v) is 13.7. The van der Waals surface area contributed by atoms with Crippen molar-refractivity contribution in [2.24, 2.45) is 10.7 Å². The van der Waals surface area contributed by atoms with Gasteiger partial charge in [-0.1, -0.05) is 12.1 Å². The van der Waals surface area contributed by atoms with E-state index in [4.69, 9.17) is 15.2 Å². The fraction of sp³-hybridized carbons (Fsp3) is 0.389. The lowest BCUT2D eigenvalue weighted by atomic mass is 9.89. The van der Waals surface area contributed by atoms with Gasteiger partial charge in [-0.2, -0.15) is 0 Å². The van der Waals surface area contributed by atoms with Crippen molar-refractivity contribution in [2.75, 3.05) is 13.7 Å². The summed E-state index contributed by atoms with van der Waals surface area (Å²) in [4.78, 5) is 13.3. The molecular weight excluding hydrogens is 304 g/mol. The number of aromatic nitrogens is 2. The fourth-order valence-electron chi connectivity index (χ4n) is 3.56. The van der Waals surface area contributed by atoms with Crippen LogP contribution in [0.15, 0.2) is 35.6 Å². The Morgan fingerprint density at radius 1 is 1.25 bits per heavy atom. The zero-order chi connectivity index (χ0) is 16.6. The number of amidine groups is 1. The highest BCUT2D eigenvalue weighted by Crippen LogP contribution is 2.35. The average Bonchev–Trinajstić information content (AvgIpc) is 2.86. The lowest BCUT2D eigenvalue weighted by Gasteiger charge is -2.22. The van der Waals surface area contributed by atoms with E-state index >= 15 is 0 Å². The molecule has 1 aromatic heterocycles. The van der Waals surface area contributed by atoms with Crippen molar-refractivity contribution in [1.82, 2.24) is 9.97 Å². The highest BCUT2D eigenvalue weighted by Gasteiger charge is 2.37. The Morgan fingerprint density at radius 3 is 2.96 bits per heavy atom. The second-order valence-corrected chi connectivity index (χ2v) is 6.42. The summed E-state index contributed by atoms with van der Waals surface area (Å²) in [5.41, 5.74) is 10.0. The van der Waals surface area contributed by atoms with Gasteiger partial charge in [0.15, 0.2) is 0 Å². The number of aryl methyl sites for hydroxylation is 1. The Bertz CT molecular complexity index is 805. The summed E-state index contributed by atoms with van der Waals surface area (Å²) in [6.07, 6.45) is 7.34. The molecule has 2 aromatic rings.